The van der Waals surface area contributed by atoms with Crippen LogP contribution >= 0.6 is 0 Å². The highest BCUT2D eigenvalue weighted by atomic mass is 16.4. The number of carboxylic acids is 1. The highest BCUT2D eigenvalue weighted by Crippen LogP contribution is 2.34. The van der Waals surface area contributed by atoms with Gasteiger partial charge in [0.15, 0.2) is 0 Å². The minimum Gasteiger partial charge on any atom is -0.479 e. The maximum atomic E-state index is 12.6. The number of amides is 1. The molecule has 1 saturated heterocycles. The fourth-order valence-electron chi connectivity index (χ4n) is 2.79. The van der Waals surface area contributed by atoms with Gasteiger partial charge in [0, 0.05) is 24.8 Å². The summed E-state index contributed by atoms with van der Waals surface area (Å²) in [6, 6.07) is 3.23. The predicted octanol–water partition coefficient (Wildman–Crippen LogP) is 1.01. The van der Waals surface area contributed by atoms with Crippen molar-refractivity contribution < 1.29 is 14.7 Å². The molecule has 0 radical (unpaired) electrons. The van der Waals surface area contributed by atoms with Crippen molar-refractivity contribution in [3.8, 4) is 0 Å². The van der Waals surface area contributed by atoms with Crippen LogP contribution in [0.25, 0.3) is 0 Å². The molecule has 3 N–H and O–H groups in total. The molecule has 1 aromatic rings. The van der Waals surface area contributed by atoms with Gasteiger partial charge in [0.05, 0.1) is 5.69 Å². The molecule has 1 unspecified atom stereocenters. The van der Waals surface area contributed by atoms with Crippen molar-refractivity contribution in [3.63, 3.8) is 0 Å². The summed E-state index contributed by atoms with van der Waals surface area (Å²) < 4.78 is 0. The lowest BCUT2D eigenvalue weighted by Gasteiger charge is -2.34. The van der Waals surface area contributed by atoms with Gasteiger partial charge >= 0.3 is 5.97 Å². The largest absolute Gasteiger partial charge is 0.479 e. The third-order valence-electron chi connectivity index (χ3n) is 3.99. The Labute approximate surface area is 117 Å². The molecule has 0 bridgehead atoms. The standard InChI is InChI=1S/C14H19N3O3/c1-2-14(13(19)20)5-3-7-17(14)12(18)10-4-6-16-11(8-10)9-15/h4,6,8H,2-3,5,7,9,15H2,1H3,(H,19,20). The van der Waals surface area contributed by atoms with E-state index in [4.69, 9.17) is 5.73 Å². The number of nitrogens with two attached hydrogens (primary N) is 1. The molecular formula is C14H19N3O3. The van der Waals surface area contributed by atoms with E-state index < -0.39 is 11.5 Å². The minimum absolute atomic E-state index is 0.249. The number of hydrogen-bond donors (Lipinski definition) is 2. The highest BCUT2D eigenvalue weighted by molar-refractivity contribution is 5.98. The smallest absolute Gasteiger partial charge is 0.329 e. The van der Waals surface area contributed by atoms with Crippen LogP contribution in [-0.4, -0.2) is 39.0 Å². The topological polar surface area (TPSA) is 96.5 Å². The molecular weight excluding hydrogens is 258 g/mol. The van der Waals surface area contributed by atoms with Gasteiger partial charge in [-0.05, 0) is 31.4 Å². The maximum absolute atomic E-state index is 12.6. The average molecular weight is 277 g/mol. The van der Waals surface area contributed by atoms with Gasteiger partial charge in [-0.3, -0.25) is 9.78 Å². The fraction of sp³-hybridized carbons (Fsp3) is 0.500. The van der Waals surface area contributed by atoms with Crippen LogP contribution in [0.2, 0.25) is 0 Å². The first kappa shape index (κ1) is 14.5. The van der Waals surface area contributed by atoms with Gasteiger partial charge in [0.2, 0.25) is 0 Å². The third kappa shape index (κ3) is 2.27. The number of carbonyl (C=O) groups excluding carboxylic acids is 1. The number of pyridine rings is 1. The van der Waals surface area contributed by atoms with E-state index in [0.29, 0.717) is 37.1 Å². The van der Waals surface area contributed by atoms with Crippen LogP contribution in [0.5, 0.6) is 0 Å². The lowest BCUT2D eigenvalue weighted by molar-refractivity contribution is -0.148. The summed E-state index contributed by atoms with van der Waals surface area (Å²) in [4.78, 5) is 29.7. The van der Waals surface area contributed by atoms with Crippen molar-refractivity contribution in [2.24, 2.45) is 5.73 Å². The quantitative estimate of drug-likeness (QED) is 0.856. The van der Waals surface area contributed by atoms with Crippen LogP contribution in [0, 0.1) is 0 Å². The maximum Gasteiger partial charge on any atom is 0.329 e. The van der Waals surface area contributed by atoms with Crippen LogP contribution in [0.15, 0.2) is 18.3 Å². The van der Waals surface area contributed by atoms with Crippen LogP contribution in [0.4, 0.5) is 0 Å². The Hall–Kier alpha value is -1.95. The fourth-order valence-corrected chi connectivity index (χ4v) is 2.79. The SMILES string of the molecule is CCC1(C(=O)O)CCCN1C(=O)c1ccnc(CN)c1. The molecule has 1 fully saturated rings. The van der Waals surface area contributed by atoms with E-state index in [-0.39, 0.29) is 12.5 Å². The molecule has 1 amide bonds. The molecule has 0 saturated carbocycles. The van der Waals surface area contributed by atoms with Gasteiger partial charge in [0.25, 0.3) is 5.91 Å². The summed E-state index contributed by atoms with van der Waals surface area (Å²) in [7, 11) is 0. The number of carbonyl (C=O) groups is 2. The Bertz CT molecular complexity index is 532. The van der Waals surface area contributed by atoms with Gasteiger partial charge in [-0.1, -0.05) is 6.92 Å². The molecule has 1 aliphatic heterocycles. The first-order chi connectivity index (χ1) is 9.55. The molecule has 0 aromatic carbocycles. The predicted molar refractivity (Wildman–Crippen MR) is 73.1 cm³/mol. The van der Waals surface area contributed by atoms with Gasteiger partial charge in [-0.15, -0.1) is 0 Å². The normalized spacial score (nSPS) is 22.0. The van der Waals surface area contributed by atoms with Crippen LogP contribution in [0.3, 0.4) is 0 Å². The Kier molecular flexibility index (Phi) is 4.04. The van der Waals surface area contributed by atoms with Gasteiger partial charge in [-0.25, -0.2) is 4.79 Å². The zero-order valence-electron chi connectivity index (χ0n) is 11.5. The molecule has 0 aliphatic carbocycles. The van der Waals surface area contributed by atoms with Crippen molar-refractivity contribution >= 4 is 11.9 Å². The Balaban J connectivity index is 2.34. The number of hydrogen-bond acceptors (Lipinski definition) is 4. The molecule has 1 aliphatic rings. The van der Waals surface area contributed by atoms with Crippen molar-refractivity contribution in [1.29, 1.82) is 0 Å². The molecule has 2 rings (SSSR count). The van der Waals surface area contributed by atoms with Crippen molar-refractivity contribution in [3.05, 3.63) is 29.6 Å². The van der Waals surface area contributed by atoms with Gasteiger partial charge in [-0.2, -0.15) is 0 Å². The van der Waals surface area contributed by atoms with Gasteiger partial charge in [0.1, 0.15) is 5.54 Å². The monoisotopic (exact) mass is 277 g/mol. The summed E-state index contributed by atoms with van der Waals surface area (Å²) in [5, 5.41) is 9.50. The Morgan fingerprint density at radius 3 is 2.90 bits per heavy atom. The lowest BCUT2D eigenvalue weighted by atomic mass is 9.92. The van der Waals surface area contributed by atoms with Crippen molar-refractivity contribution in [2.75, 3.05) is 6.54 Å². The number of nitrogens with zero attached hydrogens (tertiary/aromatic N) is 2. The Morgan fingerprint density at radius 1 is 1.55 bits per heavy atom. The van der Waals surface area contributed by atoms with Crippen molar-refractivity contribution in [2.45, 2.75) is 38.3 Å². The van der Waals surface area contributed by atoms with Crippen LogP contribution in [0.1, 0.15) is 42.2 Å². The molecule has 1 aromatic heterocycles. The summed E-state index contributed by atoms with van der Waals surface area (Å²) >= 11 is 0. The van der Waals surface area contributed by atoms with E-state index in [1.165, 1.54) is 11.1 Å². The van der Waals surface area contributed by atoms with Gasteiger partial charge < -0.3 is 15.7 Å². The molecule has 108 valence electrons. The number of rotatable bonds is 4. The first-order valence-electron chi connectivity index (χ1n) is 6.75. The number of aliphatic carboxylic acids is 1. The van der Waals surface area contributed by atoms with E-state index >= 15 is 0 Å². The summed E-state index contributed by atoms with van der Waals surface area (Å²) in [6.45, 7) is 2.52. The van der Waals surface area contributed by atoms with E-state index in [1.807, 2.05) is 0 Å². The minimum atomic E-state index is -1.08. The second-order valence-corrected chi connectivity index (χ2v) is 4.99. The molecule has 20 heavy (non-hydrogen) atoms. The van der Waals surface area contributed by atoms with E-state index in [9.17, 15) is 14.7 Å². The molecule has 2 heterocycles. The van der Waals surface area contributed by atoms with Crippen LogP contribution < -0.4 is 5.73 Å². The number of likely N-dealkylation sites (tertiary alicyclic amines) is 1. The zero-order chi connectivity index (χ0) is 14.8. The zero-order valence-corrected chi connectivity index (χ0v) is 11.5. The summed E-state index contributed by atoms with van der Waals surface area (Å²) in [5.74, 6) is -1.19. The molecule has 0 spiro atoms. The third-order valence-corrected chi connectivity index (χ3v) is 3.99. The highest BCUT2D eigenvalue weighted by Gasteiger charge is 2.48. The second-order valence-electron chi connectivity index (χ2n) is 4.99. The lowest BCUT2D eigenvalue weighted by Crippen LogP contribution is -2.52. The van der Waals surface area contributed by atoms with E-state index in [0.717, 1.165) is 0 Å². The number of carboxylic acid groups (broad SMARTS) is 1. The Morgan fingerprint density at radius 2 is 2.30 bits per heavy atom. The second kappa shape index (κ2) is 5.58. The van der Waals surface area contributed by atoms with Crippen LogP contribution in [-0.2, 0) is 11.3 Å². The molecule has 6 heteroatoms. The molecule has 1 atom stereocenters. The molecule has 6 nitrogen and oxygen atoms in total. The summed E-state index contributed by atoms with van der Waals surface area (Å²) in [6.07, 6.45) is 3.14. The van der Waals surface area contributed by atoms with E-state index in [1.54, 1.807) is 19.1 Å². The summed E-state index contributed by atoms with van der Waals surface area (Å²) in [5.41, 5.74) is 5.50. The van der Waals surface area contributed by atoms with E-state index in [2.05, 4.69) is 4.98 Å². The number of aromatic nitrogens is 1. The first-order valence-corrected chi connectivity index (χ1v) is 6.75. The average Bonchev–Trinajstić information content (AvgIpc) is 2.91. The van der Waals surface area contributed by atoms with Crippen molar-refractivity contribution in [1.82, 2.24) is 9.88 Å².